The summed E-state index contributed by atoms with van der Waals surface area (Å²) in [5, 5.41) is 0. The quantitative estimate of drug-likeness (QED) is 0.706. The van der Waals surface area contributed by atoms with E-state index in [0.29, 0.717) is 6.10 Å². The van der Waals surface area contributed by atoms with E-state index >= 15 is 0 Å². The van der Waals surface area contributed by atoms with Gasteiger partial charge < -0.3 is 4.74 Å². The lowest BCUT2D eigenvalue weighted by Gasteiger charge is -2.18. The number of hydrogen-bond acceptors (Lipinski definition) is 1. The Morgan fingerprint density at radius 2 is 1.59 bits per heavy atom. The van der Waals surface area contributed by atoms with Gasteiger partial charge in [0.15, 0.2) is 0 Å². The summed E-state index contributed by atoms with van der Waals surface area (Å²) in [6.45, 7) is 2.12. The summed E-state index contributed by atoms with van der Waals surface area (Å²) >= 11 is 0. The van der Waals surface area contributed by atoms with Crippen LogP contribution in [-0.2, 0) is 0 Å². The first kappa shape index (κ1) is 12.5. The highest BCUT2D eigenvalue weighted by atomic mass is 16.5. The van der Waals surface area contributed by atoms with Crippen LogP contribution in [0.25, 0.3) is 0 Å². The first-order chi connectivity index (χ1) is 8.34. The molecule has 1 saturated carbocycles. The Bertz CT molecular complexity index is 322. The van der Waals surface area contributed by atoms with E-state index in [1.807, 2.05) is 0 Å². The molecule has 1 heteroatoms. The van der Waals surface area contributed by atoms with Crippen molar-refractivity contribution >= 4 is 0 Å². The first-order valence-electron chi connectivity index (χ1n) is 7.08. The van der Waals surface area contributed by atoms with Gasteiger partial charge in [0.25, 0.3) is 0 Å². The van der Waals surface area contributed by atoms with Gasteiger partial charge in [0.2, 0.25) is 0 Å². The average molecular weight is 232 g/mol. The van der Waals surface area contributed by atoms with E-state index in [1.165, 1.54) is 56.9 Å². The largest absolute Gasteiger partial charge is 0.490 e. The van der Waals surface area contributed by atoms with E-state index < -0.39 is 0 Å². The van der Waals surface area contributed by atoms with E-state index in [2.05, 4.69) is 31.2 Å². The van der Waals surface area contributed by atoms with Crippen molar-refractivity contribution in [1.82, 2.24) is 0 Å². The molecule has 0 unspecified atom stereocenters. The Labute approximate surface area is 105 Å². The molecule has 0 aromatic heterocycles. The van der Waals surface area contributed by atoms with Gasteiger partial charge in [-0.15, -0.1) is 0 Å². The second kappa shape index (κ2) is 6.68. The van der Waals surface area contributed by atoms with Gasteiger partial charge in [-0.25, -0.2) is 0 Å². The van der Waals surface area contributed by atoms with Crippen LogP contribution in [0.3, 0.4) is 0 Å². The van der Waals surface area contributed by atoms with Crippen LogP contribution in [0.15, 0.2) is 24.3 Å². The van der Waals surface area contributed by atoms with Gasteiger partial charge in [-0.05, 0) is 50.3 Å². The van der Waals surface area contributed by atoms with Crippen LogP contribution in [0.5, 0.6) is 5.75 Å². The van der Waals surface area contributed by atoms with Crippen molar-refractivity contribution in [2.75, 3.05) is 0 Å². The summed E-state index contributed by atoms with van der Waals surface area (Å²) in [6, 6.07) is 8.43. The van der Waals surface area contributed by atoms with E-state index in [-0.39, 0.29) is 0 Å². The molecule has 1 fully saturated rings. The maximum Gasteiger partial charge on any atom is 0.119 e. The smallest absolute Gasteiger partial charge is 0.119 e. The zero-order valence-electron chi connectivity index (χ0n) is 11.0. The lowest BCUT2D eigenvalue weighted by atomic mass is 10.1. The Morgan fingerprint density at radius 1 is 0.941 bits per heavy atom. The second-order valence-corrected chi connectivity index (χ2v) is 5.26. The lowest BCUT2D eigenvalue weighted by molar-refractivity contribution is 0.176. The SMILES string of the molecule is Cc1cccc(OC2CCCCCCCC2)c1. The molecular formula is C16H24O. The number of benzene rings is 1. The van der Waals surface area contributed by atoms with Crippen molar-refractivity contribution in [1.29, 1.82) is 0 Å². The van der Waals surface area contributed by atoms with Crippen LogP contribution in [0, 0.1) is 6.92 Å². The molecule has 1 aromatic carbocycles. The molecule has 17 heavy (non-hydrogen) atoms. The van der Waals surface area contributed by atoms with Crippen LogP contribution in [0.1, 0.15) is 56.9 Å². The molecule has 0 radical (unpaired) electrons. The number of rotatable bonds is 2. The molecule has 0 amide bonds. The average Bonchev–Trinajstić information content (AvgIpc) is 2.43. The summed E-state index contributed by atoms with van der Waals surface area (Å²) in [5.74, 6) is 1.05. The highest BCUT2D eigenvalue weighted by Crippen LogP contribution is 2.22. The summed E-state index contributed by atoms with van der Waals surface area (Å²) in [6.07, 6.45) is 11.2. The van der Waals surface area contributed by atoms with Gasteiger partial charge in [-0.1, -0.05) is 37.8 Å². The van der Waals surface area contributed by atoms with Crippen LogP contribution in [-0.4, -0.2) is 6.10 Å². The molecular weight excluding hydrogens is 208 g/mol. The molecule has 2 rings (SSSR count). The minimum absolute atomic E-state index is 0.440. The predicted molar refractivity (Wildman–Crippen MR) is 72.5 cm³/mol. The second-order valence-electron chi connectivity index (χ2n) is 5.26. The summed E-state index contributed by atoms with van der Waals surface area (Å²) in [4.78, 5) is 0. The third-order valence-electron chi connectivity index (χ3n) is 3.59. The molecule has 0 N–H and O–H groups in total. The topological polar surface area (TPSA) is 9.23 Å². The lowest BCUT2D eigenvalue weighted by Crippen LogP contribution is -2.16. The fourth-order valence-electron chi connectivity index (χ4n) is 2.59. The van der Waals surface area contributed by atoms with Crippen molar-refractivity contribution in [2.24, 2.45) is 0 Å². The number of ether oxygens (including phenoxy) is 1. The Balaban J connectivity index is 1.91. The molecule has 0 atom stereocenters. The Hall–Kier alpha value is -0.980. The van der Waals surface area contributed by atoms with E-state index in [4.69, 9.17) is 4.74 Å². The van der Waals surface area contributed by atoms with Crippen molar-refractivity contribution in [2.45, 2.75) is 64.4 Å². The molecule has 1 aliphatic rings. The van der Waals surface area contributed by atoms with Crippen LogP contribution >= 0.6 is 0 Å². The molecule has 0 heterocycles. The normalized spacial score (nSPS) is 19.1. The number of aryl methyl sites for hydroxylation is 1. The van der Waals surface area contributed by atoms with Gasteiger partial charge in [0.05, 0.1) is 6.10 Å². The van der Waals surface area contributed by atoms with Crippen LogP contribution in [0.4, 0.5) is 0 Å². The molecule has 1 aliphatic carbocycles. The fraction of sp³-hybridized carbons (Fsp3) is 0.625. The maximum atomic E-state index is 6.13. The zero-order chi connectivity index (χ0) is 11.9. The highest BCUT2D eigenvalue weighted by Gasteiger charge is 2.12. The zero-order valence-corrected chi connectivity index (χ0v) is 11.0. The third kappa shape index (κ3) is 4.41. The third-order valence-corrected chi connectivity index (χ3v) is 3.59. The van der Waals surface area contributed by atoms with Crippen LogP contribution in [0.2, 0.25) is 0 Å². The predicted octanol–water partition coefficient (Wildman–Crippen LogP) is 4.88. The summed E-state index contributed by atoms with van der Waals surface area (Å²) in [7, 11) is 0. The molecule has 94 valence electrons. The van der Waals surface area contributed by atoms with Gasteiger partial charge in [-0.3, -0.25) is 0 Å². The Kier molecular flexibility index (Phi) is 4.90. The van der Waals surface area contributed by atoms with Crippen LogP contribution < -0.4 is 4.74 Å². The summed E-state index contributed by atoms with van der Waals surface area (Å²) in [5.41, 5.74) is 1.28. The standard InChI is InChI=1S/C16H24O/c1-14-9-8-12-16(13-14)17-15-10-6-4-2-3-5-7-11-15/h8-9,12-13,15H,2-7,10-11H2,1H3. The minimum atomic E-state index is 0.440. The minimum Gasteiger partial charge on any atom is -0.490 e. The molecule has 0 spiro atoms. The highest BCUT2D eigenvalue weighted by molar-refractivity contribution is 5.27. The molecule has 1 nitrogen and oxygen atoms in total. The summed E-state index contributed by atoms with van der Waals surface area (Å²) < 4.78 is 6.13. The number of hydrogen-bond donors (Lipinski definition) is 0. The maximum absolute atomic E-state index is 6.13. The monoisotopic (exact) mass is 232 g/mol. The molecule has 0 saturated heterocycles. The van der Waals surface area contributed by atoms with Crippen molar-refractivity contribution in [3.05, 3.63) is 29.8 Å². The van der Waals surface area contributed by atoms with E-state index in [0.717, 1.165) is 5.75 Å². The van der Waals surface area contributed by atoms with Crippen molar-refractivity contribution in [3.63, 3.8) is 0 Å². The molecule has 0 aliphatic heterocycles. The van der Waals surface area contributed by atoms with Gasteiger partial charge >= 0.3 is 0 Å². The van der Waals surface area contributed by atoms with Gasteiger partial charge in [0, 0.05) is 0 Å². The Morgan fingerprint density at radius 3 is 2.24 bits per heavy atom. The van der Waals surface area contributed by atoms with Gasteiger partial charge in [-0.2, -0.15) is 0 Å². The molecule has 0 bridgehead atoms. The van der Waals surface area contributed by atoms with Crippen molar-refractivity contribution in [3.8, 4) is 5.75 Å². The fourth-order valence-corrected chi connectivity index (χ4v) is 2.59. The van der Waals surface area contributed by atoms with Gasteiger partial charge in [0.1, 0.15) is 5.75 Å². The van der Waals surface area contributed by atoms with E-state index in [9.17, 15) is 0 Å². The first-order valence-corrected chi connectivity index (χ1v) is 7.08. The molecule has 1 aromatic rings. The van der Waals surface area contributed by atoms with Crippen molar-refractivity contribution < 1.29 is 4.74 Å². The van der Waals surface area contributed by atoms with E-state index in [1.54, 1.807) is 0 Å².